The molecule has 4 nitrogen and oxygen atoms in total. The predicted octanol–water partition coefficient (Wildman–Crippen LogP) is 2.83. The molecule has 1 N–H and O–H groups in total. The molecule has 2 aliphatic rings. The van der Waals surface area contributed by atoms with Gasteiger partial charge in [0.2, 0.25) is 0 Å². The number of nitrogens with one attached hydrogen (secondary N) is 1. The maximum absolute atomic E-state index is 13.1. The molecular formula is C15H20F2N2O2. The van der Waals surface area contributed by atoms with Gasteiger partial charge < -0.3 is 19.7 Å². The zero-order valence-electron chi connectivity index (χ0n) is 12.2. The van der Waals surface area contributed by atoms with Gasteiger partial charge in [-0.1, -0.05) is 20.3 Å². The third-order valence-electron chi connectivity index (χ3n) is 4.29. The van der Waals surface area contributed by atoms with Crippen molar-refractivity contribution in [2.75, 3.05) is 24.5 Å². The Balaban J connectivity index is 1.76. The summed E-state index contributed by atoms with van der Waals surface area (Å²) in [5.41, 5.74) is 0.893. The van der Waals surface area contributed by atoms with Gasteiger partial charge in [-0.05, 0) is 18.1 Å². The van der Waals surface area contributed by atoms with Crippen molar-refractivity contribution in [3.63, 3.8) is 0 Å². The normalized spacial score (nSPS) is 25.0. The van der Waals surface area contributed by atoms with Gasteiger partial charge in [-0.3, -0.25) is 0 Å². The smallest absolute Gasteiger partial charge is 0.395 e. The maximum atomic E-state index is 13.1. The van der Waals surface area contributed by atoms with Gasteiger partial charge in [-0.25, -0.2) is 0 Å². The fraction of sp³-hybridized carbons (Fsp3) is 0.600. The molecule has 0 saturated carbocycles. The molecule has 0 spiro atoms. The molecule has 0 aromatic heterocycles. The Morgan fingerprint density at radius 2 is 2.14 bits per heavy atom. The molecule has 2 heterocycles. The fourth-order valence-corrected chi connectivity index (χ4v) is 2.81. The lowest BCUT2D eigenvalue weighted by molar-refractivity contribution is -0.286. The molecule has 0 radical (unpaired) electrons. The van der Waals surface area contributed by atoms with Gasteiger partial charge in [0, 0.05) is 37.4 Å². The first-order chi connectivity index (χ1) is 9.98. The van der Waals surface area contributed by atoms with Crippen molar-refractivity contribution in [2.24, 2.45) is 5.92 Å². The summed E-state index contributed by atoms with van der Waals surface area (Å²) in [6.45, 7) is 7.00. The van der Waals surface area contributed by atoms with Gasteiger partial charge in [-0.2, -0.15) is 0 Å². The quantitative estimate of drug-likeness (QED) is 0.930. The number of nitrogens with zero attached hydrogens (tertiary/aromatic N) is 1. The summed E-state index contributed by atoms with van der Waals surface area (Å²) in [7, 11) is 0. The van der Waals surface area contributed by atoms with Crippen molar-refractivity contribution in [3.8, 4) is 11.5 Å². The van der Waals surface area contributed by atoms with Crippen LogP contribution in [0.15, 0.2) is 18.2 Å². The third-order valence-corrected chi connectivity index (χ3v) is 4.29. The zero-order chi connectivity index (χ0) is 15.0. The highest BCUT2D eigenvalue weighted by Gasteiger charge is 2.43. The number of rotatable bonds is 3. The van der Waals surface area contributed by atoms with Crippen LogP contribution < -0.4 is 19.7 Å². The van der Waals surface area contributed by atoms with Crippen LogP contribution in [0.2, 0.25) is 0 Å². The van der Waals surface area contributed by atoms with Gasteiger partial charge in [0.25, 0.3) is 0 Å². The number of alkyl halides is 2. The number of fused-ring (bicyclic) bond motifs is 1. The molecular weight excluding hydrogens is 278 g/mol. The summed E-state index contributed by atoms with van der Waals surface area (Å²) < 4.78 is 35.1. The Bertz CT molecular complexity index is 524. The summed E-state index contributed by atoms with van der Waals surface area (Å²) in [5.74, 6) is 0.777. The van der Waals surface area contributed by atoms with E-state index in [1.165, 1.54) is 0 Å². The number of hydrogen-bond acceptors (Lipinski definition) is 4. The minimum Gasteiger partial charge on any atom is -0.395 e. The van der Waals surface area contributed by atoms with E-state index in [1.54, 1.807) is 12.1 Å². The summed E-state index contributed by atoms with van der Waals surface area (Å²) in [6.07, 6.45) is -2.44. The molecule has 21 heavy (non-hydrogen) atoms. The van der Waals surface area contributed by atoms with Crippen molar-refractivity contribution < 1.29 is 18.3 Å². The second kappa shape index (κ2) is 5.33. The van der Waals surface area contributed by atoms with Crippen LogP contribution in [0.5, 0.6) is 11.5 Å². The average Bonchev–Trinajstić information content (AvgIpc) is 2.79. The van der Waals surface area contributed by atoms with Crippen LogP contribution in [0.4, 0.5) is 14.5 Å². The van der Waals surface area contributed by atoms with Gasteiger partial charge >= 0.3 is 6.29 Å². The SMILES string of the molecule is CCC(C)C1CN(c2ccc3c(c2)OC(F)(F)O3)CCN1. The molecule has 0 amide bonds. The first-order valence-electron chi connectivity index (χ1n) is 7.37. The Hall–Kier alpha value is -1.56. The number of benzene rings is 1. The third kappa shape index (κ3) is 2.90. The predicted molar refractivity (Wildman–Crippen MR) is 76.1 cm³/mol. The van der Waals surface area contributed by atoms with Crippen molar-refractivity contribution in [2.45, 2.75) is 32.6 Å². The number of ether oxygens (including phenoxy) is 2. The van der Waals surface area contributed by atoms with E-state index >= 15 is 0 Å². The molecule has 6 heteroatoms. The van der Waals surface area contributed by atoms with Gasteiger partial charge in [0.1, 0.15) is 0 Å². The van der Waals surface area contributed by atoms with Crippen molar-refractivity contribution in [3.05, 3.63) is 18.2 Å². The molecule has 3 rings (SSSR count). The molecule has 2 atom stereocenters. The topological polar surface area (TPSA) is 33.7 Å². The molecule has 2 unspecified atom stereocenters. The van der Waals surface area contributed by atoms with Crippen LogP contribution in [0.1, 0.15) is 20.3 Å². The number of hydrogen-bond donors (Lipinski definition) is 1. The maximum Gasteiger partial charge on any atom is 0.586 e. The number of piperazine rings is 1. The molecule has 1 fully saturated rings. The molecule has 1 aromatic rings. The first kappa shape index (κ1) is 14.4. The van der Waals surface area contributed by atoms with Crippen LogP contribution in [0.25, 0.3) is 0 Å². The van der Waals surface area contributed by atoms with Crippen LogP contribution in [-0.4, -0.2) is 32.0 Å². The van der Waals surface area contributed by atoms with E-state index in [4.69, 9.17) is 0 Å². The Labute approximate surface area is 123 Å². The van der Waals surface area contributed by atoms with Gasteiger partial charge in [-0.15, -0.1) is 8.78 Å². The lowest BCUT2D eigenvalue weighted by Gasteiger charge is -2.38. The van der Waals surface area contributed by atoms with Gasteiger partial charge in [0.15, 0.2) is 11.5 Å². The zero-order valence-corrected chi connectivity index (χ0v) is 12.2. The van der Waals surface area contributed by atoms with E-state index in [9.17, 15) is 8.78 Å². The molecule has 1 saturated heterocycles. The van der Waals surface area contributed by atoms with Crippen LogP contribution in [-0.2, 0) is 0 Å². The van der Waals surface area contributed by atoms with Crippen LogP contribution in [0, 0.1) is 5.92 Å². The minimum atomic E-state index is -3.55. The molecule has 116 valence electrons. The Kier molecular flexibility index (Phi) is 3.65. The van der Waals surface area contributed by atoms with Crippen molar-refractivity contribution in [1.29, 1.82) is 0 Å². The first-order valence-corrected chi connectivity index (χ1v) is 7.37. The second-order valence-corrected chi connectivity index (χ2v) is 5.69. The monoisotopic (exact) mass is 298 g/mol. The van der Waals surface area contributed by atoms with E-state index in [0.29, 0.717) is 12.0 Å². The van der Waals surface area contributed by atoms with Crippen LogP contribution in [0.3, 0.4) is 0 Å². The summed E-state index contributed by atoms with van der Waals surface area (Å²) >= 11 is 0. The van der Waals surface area contributed by atoms with Gasteiger partial charge in [0.05, 0.1) is 0 Å². The molecule has 0 bridgehead atoms. The molecule has 2 aliphatic heterocycles. The number of halogens is 2. The minimum absolute atomic E-state index is 0.0948. The molecule has 1 aromatic carbocycles. The highest BCUT2D eigenvalue weighted by Crippen LogP contribution is 2.42. The summed E-state index contributed by atoms with van der Waals surface area (Å²) in [4.78, 5) is 2.20. The lowest BCUT2D eigenvalue weighted by atomic mass is 9.97. The Morgan fingerprint density at radius 1 is 1.38 bits per heavy atom. The highest BCUT2D eigenvalue weighted by molar-refractivity contribution is 5.57. The summed E-state index contributed by atoms with van der Waals surface area (Å²) in [6, 6.07) is 5.40. The largest absolute Gasteiger partial charge is 0.586 e. The second-order valence-electron chi connectivity index (χ2n) is 5.69. The lowest BCUT2D eigenvalue weighted by Crippen LogP contribution is -2.53. The molecule has 0 aliphatic carbocycles. The van der Waals surface area contributed by atoms with E-state index in [1.807, 2.05) is 6.07 Å². The highest BCUT2D eigenvalue weighted by atomic mass is 19.3. The van der Waals surface area contributed by atoms with E-state index in [2.05, 4.69) is 33.5 Å². The summed E-state index contributed by atoms with van der Waals surface area (Å²) in [5, 5.41) is 3.52. The van der Waals surface area contributed by atoms with Crippen molar-refractivity contribution in [1.82, 2.24) is 5.32 Å². The number of anilines is 1. The van der Waals surface area contributed by atoms with E-state index in [0.717, 1.165) is 31.7 Å². The van der Waals surface area contributed by atoms with Crippen LogP contribution >= 0.6 is 0 Å². The average molecular weight is 298 g/mol. The van der Waals surface area contributed by atoms with E-state index < -0.39 is 6.29 Å². The Morgan fingerprint density at radius 3 is 2.90 bits per heavy atom. The fourth-order valence-electron chi connectivity index (χ4n) is 2.81. The standard InChI is InChI=1S/C15H20F2N2O2/c1-3-10(2)12-9-19(7-6-18-12)11-4-5-13-14(8-11)21-15(16,17)20-13/h4-5,8,10,12,18H,3,6-7,9H2,1-2H3. The van der Waals surface area contributed by atoms with Crippen molar-refractivity contribution >= 4 is 5.69 Å². The van der Waals surface area contributed by atoms with E-state index in [-0.39, 0.29) is 11.5 Å².